The Kier molecular flexibility index (Phi) is 3.30. The molecule has 66 valence electrons. The molecule has 1 N–H and O–H groups in total. The summed E-state index contributed by atoms with van der Waals surface area (Å²) in [6.45, 7) is 0. The van der Waals surface area contributed by atoms with Crippen molar-refractivity contribution in [2.75, 3.05) is 5.32 Å². The van der Waals surface area contributed by atoms with Gasteiger partial charge in [0.25, 0.3) is 0 Å². The molecule has 0 aliphatic rings. The molecule has 0 aliphatic heterocycles. The van der Waals surface area contributed by atoms with Gasteiger partial charge in [0, 0.05) is 10.7 Å². The van der Waals surface area contributed by atoms with E-state index in [1.165, 1.54) is 0 Å². The Morgan fingerprint density at radius 1 is 1.46 bits per heavy atom. The van der Waals surface area contributed by atoms with E-state index in [0.29, 0.717) is 10.7 Å². The number of nitriles is 1. The lowest BCUT2D eigenvalue weighted by Crippen LogP contribution is -2.09. The van der Waals surface area contributed by atoms with Gasteiger partial charge in [0.1, 0.15) is 6.42 Å². The van der Waals surface area contributed by atoms with Crippen LogP contribution in [0.5, 0.6) is 0 Å². The molecule has 13 heavy (non-hydrogen) atoms. The predicted octanol–water partition coefficient (Wildman–Crippen LogP) is 2.19. The van der Waals surface area contributed by atoms with Crippen LogP contribution in [0.2, 0.25) is 5.02 Å². The van der Waals surface area contributed by atoms with Crippen LogP contribution < -0.4 is 5.32 Å². The topological polar surface area (TPSA) is 52.9 Å². The second-order valence-corrected chi connectivity index (χ2v) is 2.83. The maximum atomic E-state index is 10.9. The third-order valence-corrected chi connectivity index (χ3v) is 1.62. The van der Waals surface area contributed by atoms with Crippen LogP contribution in [0.3, 0.4) is 0 Å². The van der Waals surface area contributed by atoms with Gasteiger partial charge in [0.2, 0.25) is 5.91 Å². The predicted molar refractivity (Wildman–Crippen MR) is 50.3 cm³/mol. The van der Waals surface area contributed by atoms with Crippen LogP contribution in [0, 0.1) is 11.3 Å². The molecule has 1 aromatic carbocycles. The van der Waals surface area contributed by atoms with E-state index in [-0.39, 0.29) is 12.3 Å². The fourth-order valence-electron chi connectivity index (χ4n) is 0.810. The van der Waals surface area contributed by atoms with Gasteiger partial charge in [-0.25, -0.2) is 0 Å². The van der Waals surface area contributed by atoms with Crippen molar-refractivity contribution in [3.05, 3.63) is 29.3 Å². The first-order chi connectivity index (χ1) is 6.22. The van der Waals surface area contributed by atoms with Crippen molar-refractivity contribution in [1.82, 2.24) is 0 Å². The molecule has 0 radical (unpaired) electrons. The summed E-state index contributed by atoms with van der Waals surface area (Å²) in [6, 6.07) is 8.46. The highest BCUT2D eigenvalue weighted by Crippen LogP contribution is 2.13. The molecule has 0 saturated heterocycles. The van der Waals surface area contributed by atoms with Crippen LogP contribution in [0.15, 0.2) is 24.3 Å². The van der Waals surface area contributed by atoms with Gasteiger partial charge >= 0.3 is 0 Å². The van der Waals surface area contributed by atoms with Crippen molar-refractivity contribution in [2.45, 2.75) is 6.42 Å². The van der Waals surface area contributed by atoms with E-state index in [2.05, 4.69) is 5.32 Å². The summed E-state index contributed by atoms with van der Waals surface area (Å²) in [5.41, 5.74) is 0.643. The number of anilines is 1. The highest BCUT2D eigenvalue weighted by atomic mass is 35.5. The number of nitrogens with zero attached hydrogens (tertiary/aromatic N) is 1. The lowest BCUT2D eigenvalue weighted by molar-refractivity contribution is -0.115. The van der Waals surface area contributed by atoms with Crippen molar-refractivity contribution >= 4 is 23.2 Å². The molecule has 1 rings (SSSR count). The standard InChI is InChI=1S/C9H7ClN2O/c10-7-1-3-8(4-2-7)12-9(13)5-6-11/h1-4H,5H2,(H,12,13). The summed E-state index contributed by atoms with van der Waals surface area (Å²) >= 11 is 5.64. The molecule has 0 atom stereocenters. The quantitative estimate of drug-likeness (QED) is 0.785. The zero-order chi connectivity index (χ0) is 9.68. The molecule has 0 heterocycles. The number of carbonyl (C=O) groups excluding carboxylic acids is 1. The number of carbonyl (C=O) groups is 1. The van der Waals surface area contributed by atoms with Gasteiger partial charge in [0.15, 0.2) is 0 Å². The maximum absolute atomic E-state index is 10.9. The summed E-state index contributed by atoms with van der Waals surface area (Å²) in [5, 5.41) is 11.4. The molecule has 0 spiro atoms. The highest BCUT2D eigenvalue weighted by Gasteiger charge is 1.99. The average Bonchev–Trinajstić information content (AvgIpc) is 2.09. The second-order valence-electron chi connectivity index (χ2n) is 2.39. The van der Waals surface area contributed by atoms with Crippen LogP contribution in [0.1, 0.15) is 6.42 Å². The van der Waals surface area contributed by atoms with Crippen molar-refractivity contribution in [3.63, 3.8) is 0 Å². The van der Waals surface area contributed by atoms with E-state index in [1.54, 1.807) is 30.3 Å². The lowest BCUT2D eigenvalue weighted by atomic mass is 10.3. The van der Waals surface area contributed by atoms with E-state index < -0.39 is 0 Å². The Hall–Kier alpha value is -1.53. The molecule has 0 unspecified atom stereocenters. The first-order valence-corrected chi connectivity index (χ1v) is 4.02. The van der Waals surface area contributed by atoms with E-state index in [0.717, 1.165) is 0 Å². The molecule has 0 fully saturated rings. The first kappa shape index (κ1) is 9.56. The van der Waals surface area contributed by atoms with Crippen molar-refractivity contribution < 1.29 is 4.79 Å². The summed E-state index contributed by atoms with van der Waals surface area (Å²) in [6.07, 6.45) is -0.136. The number of benzene rings is 1. The fraction of sp³-hybridized carbons (Fsp3) is 0.111. The molecular weight excluding hydrogens is 188 g/mol. The monoisotopic (exact) mass is 194 g/mol. The number of hydrogen-bond acceptors (Lipinski definition) is 2. The van der Waals surface area contributed by atoms with Gasteiger partial charge in [-0.3, -0.25) is 4.79 Å². The van der Waals surface area contributed by atoms with E-state index in [4.69, 9.17) is 16.9 Å². The third-order valence-electron chi connectivity index (χ3n) is 1.37. The summed E-state index contributed by atoms with van der Waals surface area (Å²) in [5.74, 6) is -0.315. The molecule has 0 bridgehead atoms. The Morgan fingerprint density at radius 2 is 2.08 bits per heavy atom. The molecule has 4 heteroatoms. The minimum absolute atomic E-state index is 0.136. The molecule has 0 aliphatic carbocycles. The summed E-state index contributed by atoms with van der Waals surface area (Å²) in [4.78, 5) is 10.9. The molecular formula is C9H7ClN2O. The van der Waals surface area contributed by atoms with Crippen molar-refractivity contribution in [2.24, 2.45) is 0 Å². The first-order valence-electron chi connectivity index (χ1n) is 3.65. The van der Waals surface area contributed by atoms with Gasteiger partial charge in [0.05, 0.1) is 6.07 Å². The largest absolute Gasteiger partial charge is 0.325 e. The minimum atomic E-state index is -0.315. The third kappa shape index (κ3) is 3.14. The number of hydrogen-bond donors (Lipinski definition) is 1. The molecule has 3 nitrogen and oxygen atoms in total. The van der Waals surface area contributed by atoms with E-state index in [1.807, 2.05) is 0 Å². The maximum Gasteiger partial charge on any atom is 0.238 e. The van der Waals surface area contributed by atoms with Crippen molar-refractivity contribution in [1.29, 1.82) is 5.26 Å². The van der Waals surface area contributed by atoms with Gasteiger partial charge in [-0.2, -0.15) is 5.26 Å². The Morgan fingerprint density at radius 3 is 2.62 bits per heavy atom. The second kappa shape index (κ2) is 4.48. The van der Waals surface area contributed by atoms with Crippen LogP contribution in [-0.2, 0) is 4.79 Å². The summed E-state index contributed by atoms with van der Waals surface area (Å²) in [7, 11) is 0. The van der Waals surface area contributed by atoms with Gasteiger partial charge in [-0.15, -0.1) is 0 Å². The zero-order valence-electron chi connectivity index (χ0n) is 6.75. The van der Waals surface area contributed by atoms with Crippen molar-refractivity contribution in [3.8, 4) is 6.07 Å². The van der Waals surface area contributed by atoms with Crippen LogP contribution in [0.4, 0.5) is 5.69 Å². The zero-order valence-corrected chi connectivity index (χ0v) is 7.51. The minimum Gasteiger partial charge on any atom is -0.325 e. The van der Waals surface area contributed by atoms with Gasteiger partial charge in [-0.1, -0.05) is 11.6 Å². The average molecular weight is 195 g/mol. The normalized spacial score (nSPS) is 8.92. The van der Waals surface area contributed by atoms with E-state index in [9.17, 15) is 4.79 Å². The Balaban J connectivity index is 2.60. The highest BCUT2D eigenvalue weighted by molar-refractivity contribution is 6.30. The fourth-order valence-corrected chi connectivity index (χ4v) is 0.936. The molecule has 0 saturated carbocycles. The number of rotatable bonds is 2. The van der Waals surface area contributed by atoms with Crippen LogP contribution in [-0.4, -0.2) is 5.91 Å². The van der Waals surface area contributed by atoms with Crippen LogP contribution in [0.25, 0.3) is 0 Å². The summed E-state index contributed by atoms with van der Waals surface area (Å²) < 4.78 is 0. The Labute approximate surface area is 80.9 Å². The Bertz CT molecular complexity index is 340. The molecule has 1 aromatic rings. The van der Waals surface area contributed by atoms with Gasteiger partial charge in [-0.05, 0) is 24.3 Å². The molecule has 1 amide bonds. The smallest absolute Gasteiger partial charge is 0.238 e. The van der Waals surface area contributed by atoms with Crippen LogP contribution >= 0.6 is 11.6 Å². The number of halogens is 1. The SMILES string of the molecule is N#CCC(=O)Nc1ccc(Cl)cc1. The number of amides is 1. The lowest BCUT2D eigenvalue weighted by Gasteiger charge is -2.01. The number of nitrogens with one attached hydrogen (secondary N) is 1. The molecule has 0 aromatic heterocycles. The van der Waals surface area contributed by atoms with E-state index >= 15 is 0 Å². The van der Waals surface area contributed by atoms with Gasteiger partial charge < -0.3 is 5.32 Å².